The van der Waals surface area contributed by atoms with E-state index in [-0.39, 0.29) is 0 Å². The van der Waals surface area contributed by atoms with Gasteiger partial charge in [-0.3, -0.25) is 0 Å². The molecule has 21 heavy (non-hydrogen) atoms. The maximum Gasteiger partial charge on any atom is 0.0282 e. The van der Waals surface area contributed by atoms with Crippen LogP contribution in [0.2, 0.25) is 0 Å². The topological polar surface area (TPSA) is 0 Å². The molecule has 0 unspecified atom stereocenters. The Labute approximate surface area is 145 Å². The minimum Gasteiger partial charge on any atom is -0.151 e. The van der Waals surface area contributed by atoms with Crippen molar-refractivity contribution in [1.29, 1.82) is 0 Å². The summed E-state index contributed by atoms with van der Waals surface area (Å²) < 4.78 is 1.17. The zero-order chi connectivity index (χ0) is 14.5. The van der Waals surface area contributed by atoms with Crippen molar-refractivity contribution in [1.82, 2.24) is 0 Å². The molecule has 2 fully saturated rings. The Hall–Kier alpha value is 0.270. The van der Waals surface area contributed by atoms with Gasteiger partial charge in [-0.15, -0.1) is 11.8 Å². The van der Waals surface area contributed by atoms with Gasteiger partial charge in [0.2, 0.25) is 0 Å². The van der Waals surface area contributed by atoms with Crippen molar-refractivity contribution in [2.75, 3.05) is 5.75 Å². The van der Waals surface area contributed by atoms with E-state index in [1.54, 1.807) is 11.3 Å². The summed E-state index contributed by atoms with van der Waals surface area (Å²) in [5.74, 6) is 3.47. The lowest BCUT2D eigenvalue weighted by Crippen LogP contribution is -2.35. The van der Waals surface area contributed by atoms with Gasteiger partial charge in [0.1, 0.15) is 0 Å². The molecule has 0 atom stereocenters. The Kier molecular flexibility index (Phi) is 5.92. The van der Waals surface area contributed by atoms with E-state index in [0.29, 0.717) is 5.41 Å². The standard InChI is InChI=1S/C14H22S.C4H3BrS/c1-2-6-12(5-1)14(9-10-15-11-14)13-7-3-4-8-13;5-4-1-2-6-3-4/h9-10,12-13H,1-8,11H2;1-3H. The largest absolute Gasteiger partial charge is 0.151 e. The monoisotopic (exact) mass is 384 g/mol. The first kappa shape index (κ1) is 16.1. The molecule has 0 saturated heterocycles. The third kappa shape index (κ3) is 3.79. The number of hydrogen-bond donors (Lipinski definition) is 0. The molecular formula is C18H25BrS2. The maximum atomic E-state index is 3.29. The van der Waals surface area contributed by atoms with Crippen LogP contribution in [0.5, 0.6) is 0 Å². The number of allylic oxidation sites excluding steroid dienone is 1. The summed E-state index contributed by atoms with van der Waals surface area (Å²) in [6, 6.07) is 2.02. The van der Waals surface area contributed by atoms with Crippen LogP contribution in [-0.4, -0.2) is 5.75 Å². The Morgan fingerprint density at radius 2 is 1.62 bits per heavy atom. The molecule has 3 heteroatoms. The highest BCUT2D eigenvalue weighted by molar-refractivity contribution is 9.10. The fraction of sp³-hybridized carbons (Fsp3) is 0.667. The van der Waals surface area contributed by atoms with Crippen LogP contribution in [0.1, 0.15) is 51.4 Å². The average Bonchev–Trinajstić information content (AvgIpc) is 3.27. The van der Waals surface area contributed by atoms with Crippen molar-refractivity contribution in [3.63, 3.8) is 0 Å². The number of rotatable bonds is 2. The van der Waals surface area contributed by atoms with E-state index < -0.39 is 0 Å². The predicted octanol–water partition coefficient (Wildman–Crippen LogP) is 7.12. The minimum atomic E-state index is 0.637. The molecule has 1 aliphatic heterocycles. The molecule has 0 amide bonds. The first-order valence-electron chi connectivity index (χ1n) is 8.28. The zero-order valence-electron chi connectivity index (χ0n) is 12.6. The molecule has 0 radical (unpaired) electrons. The molecule has 0 spiro atoms. The second-order valence-electron chi connectivity index (χ2n) is 6.63. The van der Waals surface area contributed by atoms with E-state index >= 15 is 0 Å². The third-order valence-electron chi connectivity index (χ3n) is 5.52. The SMILES string of the molecule is Brc1ccsc1.C1=CC(C2CCCC2)(C2CCCC2)CS1. The van der Waals surface area contributed by atoms with Gasteiger partial charge >= 0.3 is 0 Å². The van der Waals surface area contributed by atoms with Gasteiger partial charge in [-0.2, -0.15) is 11.3 Å². The average molecular weight is 385 g/mol. The predicted molar refractivity (Wildman–Crippen MR) is 100.0 cm³/mol. The quantitative estimate of drug-likeness (QED) is 0.522. The number of thiophene rings is 1. The molecule has 0 N–H and O–H groups in total. The molecule has 1 aromatic rings. The third-order valence-corrected chi connectivity index (χ3v) is 8.00. The highest BCUT2D eigenvalue weighted by Gasteiger charge is 2.46. The zero-order valence-corrected chi connectivity index (χ0v) is 15.8. The normalized spacial score (nSPS) is 25.2. The first-order chi connectivity index (χ1) is 10.3. The summed E-state index contributed by atoms with van der Waals surface area (Å²) in [6.45, 7) is 0. The van der Waals surface area contributed by atoms with Crippen LogP contribution in [0, 0.1) is 17.3 Å². The lowest BCUT2D eigenvalue weighted by atomic mass is 9.66. The molecule has 116 valence electrons. The minimum absolute atomic E-state index is 0.637. The van der Waals surface area contributed by atoms with Crippen LogP contribution in [0.15, 0.2) is 32.8 Å². The van der Waals surface area contributed by atoms with Crippen molar-refractivity contribution >= 4 is 39.0 Å². The fourth-order valence-electron chi connectivity index (χ4n) is 4.43. The number of hydrogen-bond acceptors (Lipinski definition) is 2. The summed E-state index contributed by atoms with van der Waals surface area (Å²) >= 11 is 7.06. The highest BCUT2D eigenvalue weighted by Crippen LogP contribution is 2.55. The molecule has 0 nitrogen and oxygen atoms in total. The molecular weight excluding hydrogens is 360 g/mol. The molecule has 3 aliphatic rings. The van der Waals surface area contributed by atoms with E-state index in [4.69, 9.17) is 0 Å². The molecule has 0 aromatic carbocycles. The molecule has 0 bridgehead atoms. The van der Waals surface area contributed by atoms with Gasteiger partial charge in [0.05, 0.1) is 0 Å². The van der Waals surface area contributed by atoms with E-state index in [2.05, 4.69) is 39.2 Å². The lowest BCUT2D eigenvalue weighted by molar-refractivity contribution is 0.166. The van der Waals surface area contributed by atoms with Gasteiger partial charge in [0, 0.05) is 21.0 Å². The number of halogens is 1. The van der Waals surface area contributed by atoms with Gasteiger partial charge in [0.25, 0.3) is 0 Å². The van der Waals surface area contributed by atoms with E-state index in [1.807, 2.05) is 16.8 Å². The summed E-state index contributed by atoms with van der Waals surface area (Å²) in [4.78, 5) is 0. The van der Waals surface area contributed by atoms with Crippen LogP contribution in [-0.2, 0) is 0 Å². The van der Waals surface area contributed by atoms with Gasteiger partial charge < -0.3 is 0 Å². The van der Waals surface area contributed by atoms with Crippen molar-refractivity contribution in [2.24, 2.45) is 17.3 Å². The van der Waals surface area contributed by atoms with Crippen molar-refractivity contribution in [3.8, 4) is 0 Å². The number of thioether (sulfide) groups is 1. The van der Waals surface area contributed by atoms with Crippen LogP contribution >= 0.6 is 39.0 Å². The molecule has 4 rings (SSSR count). The van der Waals surface area contributed by atoms with Crippen molar-refractivity contribution < 1.29 is 0 Å². The summed E-state index contributed by atoms with van der Waals surface area (Å²) in [5, 5.41) is 6.47. The molecule has 2 aliphatic carbocycles. The Morgan fingerprint density at radius 1 is 1.00 bits per heavy atom. The Morgan fingerprint density at radius 3 is 1.95 bits per heavy atom. The van der Waals surface area contributed by atoms with Gasteiger partial charge in [-0.1, -0.05) is 31.8 Å². The van der Waals surface area contributed by atoms with Crippen LogP contribution in [0.3, 0.4) is 0 Å². The van der Waals surface area contributed by atoms with Crippen molar-refractivity contribution in [3.05, 3.63) is 32.8 Å². The van der Waals surface area contributed by atoms with Gasteiger partial charge in [-0.05, 0) is 70.3 Å². The Balaban J connectivity index is 0.000000186. The maximum absolute atomic E-state index is 3.29. The van der Waals surface area contributed by atoms with Crippen LogP contribution < -0.4 is 0 Å². The molecule has 1 aromatic heterocycles. The highest BCUT2D eigenvalue weighted by atomic mass is 79.9. The first-order valence-corrected chi connectivity index (χ1v) is 11.1. The van der Waals surface area contributed by atoms with Crippen molar-refractivity contribution in [2.45, 2.75) is 51.4 Å². The fourth-order valence-corrected chi connectivity index (χ4v) is 6.88. The smallest absolute Gasteiger partial charge is 0.0282 e. The van der Waals surface area contributed by atoms with Gasteiger partial charge in [0.15, 0.2) is 0 Å². The van der Waals surface area contributed by atoms with Crippen LogP contribution in [0.25, 0.3) is 0 Å². The van der Waals surface area contributed by atoms with Gasteiger partial charge in [-0.25, -0.2) is 0 Å². The Bertz CT molecular complexity index is 424. The summed E-state index contributed by atoms with van der Waals surface area (Å²) in [7, 11) is 0. The van der Waals surface area contributed by atoms with E-state index in [0.717, 1.165) is 11.8 Å². The molecule has 2 heterocycles. The van der Waals surface area contributed by atoms with E-state index in [9.17, 15) is 0 Å². The summed E-state index contributed by atoms with van der Waals surface area (Å²) in [6.07, 6.45) is 14.7. The lowest BCUT2D eigenvalue weighted by Gasteiger charge is -2.39. The molecule has 2 saturated carbocycles. The van der Waals surface area contributed by atoms with E-state index in [1.165, 1.54) is 61.6 Å². The summed E-state index contributed by atoms with van der Waals surface area (Å²) in [5.41, 5.74) is 0.637. The second kappa shape index (κ2) is 7.70. The second-order valence-corrected chi connectivity index (χ2v) is 9.22. The van der Waals surface area contributed by atoms with Crippen LogP contribution in [0.4, 0.5) is 0 Å².